The Kier molecular flexibility index (Phi) is 6.31. The van der Waals surface area contributed by atoms with Gasteiger partial charge in [-0.3, -0.25) is 9.69 Å². The number of carbonyl (C=O) groups excluding carboxylic acids is 2. The van der Waals surface area contributed by atoms with Crippen molar-refractivity contribution >= 4 is 57.9 Å². The van der Waals surface area contributed by atoms with E-state index in [1.807, 2.05) is 36.6 Å². The molecule has 160 valence electrons. The van der Waals surface area contributed by atoms with Gasteiger partial charge in [0.15, 0.2) is 0 Å². The zero-order valence-corrected chi connectivity index (χ0v) is 18.5. The van der Waals surface area contributed by atoms with Gasteiger partial charge in [-0.15, -0.1) is 11.3 Å². The van der Waals surface area contributed by atoms with Gasteiger partial charge in [-0.05, 0) is 36.8 Å². The number of thiophene rings is 1. The molecule has 2 atom stereocenters. The van der Waals surface area contributed by atoms with Gasteiger partial charge in [0.05, 0.1) is 22.6 Å². The summed E-state index contributed by atoms with van der Waals surface area (Å²) in [7, 11) is 0. The van der Waals surface area contributed by atoms with Crippen LogP contribution < -0.4 is 5.73 Å². The summed E-state index contributed by atoms with van der Waals surface area (Å²) >= 11 is 7.41. The van der Waals surface area contributed by atoms with E-state index in [2.05, 4.69) is 14.9 Å². The first kappa shape index (κ1) is 21.4. The second-order valence-electron chi connectivity index (χ2n) is 7.48. The standard InChI is InChI=1S/C22H22ClN5O2S/c1-14-20(11-29)27(10-15-2-4-18-19(8-15)25-13-26-22(18)24)6-7-28(14)21(30)5-3-17-9-16(23)12-31-17/h2-5,8-9,11-14,20H,6-7,10H2,1H3,(H2,24,25,26)/t14-,20?/m0/s1. The Labute approximate surface area is 189 Å². The van der Waals surface area contributed by atoms with Gasteiger partial charge in [-0.1, -0.05) is 17.7 Å². The average molecular weight is 456 g/mol. The zero-order valence-electron chi connectivity index (χ0n) is 16.9. The fourth-order valence-electron chi connectivity index (χ4n) is 3.89. The smallest absolute Gasteiger partial charge is 0.246 e. The third-order valence-corrected chi connectivity index (χ3v) is 6.80. The Bertz CT molecular complexity index is 1150. The topological polar surface area (TPSA) is 92.4 Å². The van der Waals surface area contributed by atoms with Crippen LogP contribution in [0.4, 0.5) is 5.82 Å². The van der Waals surface area contributed by atoms with Crippen molar-refractivity contribution in [2.75, 3.05) is 18.8 Å². The maximum absolute atomic E-state index is 12.7. The van der Waals surface area contributed by atoms with Crippen molar-refractivity contribution in [3.63, 3.8) is 0 Å². The first-order valence-electron chi connectivity index (χ1n) is 9.87. The molecule has 0 spiro atoms. The zero-order chi connectivity index (χ0) is 22.0. The van der Waals surface area contributed by atoms with Gasteiger partial charge in [0.2, 0.25) is 5.91 Å². The van der Waals surface area contributed by atoms with Crippen molar-refractivity contribution in [3.8, 4) is 0 Å². The summed E-state index contributed by atoms with van der Waals surface area (Å²) in [6, 6.07) is 7.02. The predicted octanol–water partition coefficient (Wildman–Crippen LogP) is 3.24. The molecule has 1 saturated heterocycles. The number of rotatable bonds is 5. The SMILES string of the molecule is C[C@H]1C(C=O)N(Cc2ccc3c(N)ncnc3c2)CCN1C(=O)C=Cc1cc(Cl)cs1. The van der Waals surface area contributed by atoms with E-state index in [9.17, 15) is 9.59 Å². The highest BCUT2D eigenvalue weighted by atomic mass is 35.5. The molecule has 2 aromatic heterocycles. The minimum Gasteiger partial charge on any atom is -0.383 e. The van der Waals surface area contributed by atoms with Gasteiger partial charge in [-0.2, -0.15) is 0 Å². The summed E-state index contributed by atoms with van der Waals surface area (Å²) in [5.41, 5.74) is 7.70. The predicted molar refractivity (Wildman–Crippen MR) is 124 cm³/mol. The molecule has 0 bridgehead atoms. The number of hydrogen-bond acceptors (Lipinski definition) is 7. The number of halogens is 1. The molecular weight excluding hydrogens is 434 g/mol. The van der Waals surface area contributed by atoms with Crippen LogP contribution in [-0.2, 0) is 16.1 Å². The number of aldehydes is 1. The van der Waals surface area contributed by atoms with Gasteiger partial charge >= 0.3 is 0 Å². The lowest BCUT2D eigenvalue weighted by atomic mass is 10.0. The Balaban J connectivity index is 1.46. The number of piperazine rings is 1. The second kappa shape index (κ2) is 9.13. The Hall–Kier alpha value is -2.81. The van der Waals surface area contributed by atoms with E-state index in [4.69, 9.17) is 17.3 Å². The maximum atomic E-state index is 12.7. The van der Waals surface area contributed by atoms with E-state index >= 15 is 0 Å². The lowest BCUT2D eigenvalue weighted by molar-refractivity contribution is -0.134. The molecule has 0 saturated carbocycles. The van der Waals surface area contributed by atoms with E-state index in [0.29, 0.717) is 30.5 Å². The molecule has 4 rings (SSSR count). The molecule has 1 fully saturated rings. The number of nitrogen functional groups attached to an aromatic ring is 1. The molecule has 7 nitrogen and oxygen atoms in total. The molecule has 2 N–H and O–H groups in total. The molecule has 1 aromatic carbocycles. The highest BCUT2D eigenvalue weighted by molar-refractivity contribution is 7.11. The Morgan fingerprint density at radius 3 is 2.90 bits per heavy atom. The van der Waals surface area contributed by atoms with Crippen molar-refractivity contribution < 1.29 is 9.59 Å². The average Bonchev–Trinajstić information content (AvgIpc) is 3.17. The molecule has 1 aliphatic heterocycles. The Morgan fingerprint density at radius 2 is 2.16 bits per heavy atom. The minimum atomic E-state index is -0.395. The lowest BCUT2D eigenvalue weighted by Crippen LogP contribution is -2.60. The van der Waals surface area contributed by atoms with Gasteiger partial charge in [-0.25, -0.2) is 9.97 Å². The third-order valence-electron chi connectivity index (χ3n) is 5.55. The molecule has 1 amide bonds. The molecule has 31 heavy (non-hydrogen) atoms. The number of carbonyl (C=O) groups is 2. The molecule has 1 unspecified atom stereocenters. The van der Waals surface area contributed by atoms with E-state index < -0.39 is 6.04 Å². The number of hydrogen-bond donors (Lipinski definition) is 1. The highest BCUT2D eigenvalue weighted by Gasteiger charge is 2.35. The van der Waals surface area contributed by atoms with Gasteiger partial charge in [0.25, 0.3) is 0 Å². The summed E-state index contributed by atoms with van der Waals surface area (Å²) in [6.45, 7) is 3.64. The summed E-state index contributed by atoms with van der Waals surface area (Å²) in [5, 5.41) is 3.28. The van der Waals surface area contributed by atoms with E-state index in [1.54, 1.807) is 17.1 Å². The van der Waals surface area contributed by atoms with E-state index in [0.717, 1.165) is 27.6 Å². The molecule has 1 aliphatic rings. The number of benzene rings is 1. The van der Waals surface area contributed by atoms with Crippen molar-refractivity contribution in [1.29, 1.82) is 0 Å². The van der Waals surface area contributed by atoms with Crippen molar-refractivity contribution in [1.82, 2.24) is 19.8 Å². The fourth-order valence-corrected chi connectivity index (χ4v) is 4.87. The fraction of sp³-hybridized carbons (Fsp3) is 0.273. The second-order valence-corrected chi connectivity index (χ2v) is 8.86. The minimum absolute atomic E-state index is 0.110. The summed E-state index contributed by atoms with van der Waals surface area (Å²) < 4.78 is 0. The van der Waals surface area contributed by atoms with Crippen molar-refractivity contribution in [3.05, 3.63) is 57.5 Å². The van der Waals surface area contributed by atoms with Crippen LogP contribution in [0.2, 0.25) is 5.02 Å². The Morgan fingerprint density at radius 1 is 1.32 bits per heavy atom. The molecule has 9 heteroatoms. The van der Waals surface area contributed by atoms with Crippen LogP contribution >= 0.6 is 22.9 Å². The quantitative estimate of drug-likeness (QED) is 0.469. The van der Waals surface area contributed by atoms with Crippen molar-refractivity contribution in [2.45, 2.75) is 25.6 Å². The monoisotopic (exact) mass is 455 g/mol. The molecule has 0 radical (unpaired) electrons. The van der Waals surface area contributed by atoms with Crippen LogP contribution in [0.5, 0.6) is 0 Å². The number of amides is 1. The van der Waals surface area contributed by atoms with Crippen LogP contribution in [0, 0.1) is 0 Å². The van der Waals surface area contributed by atoms with Crippen LogP contribution in [0.15, 0.2) is 42.0 Å². The van der Waals surface area contributed by atoms with Crippen molar-refractivity contribution in [2.24, 2.45) is 0 Å². The largest absolute Gasteiger partial charge is 0.383 e. The first-order valence-corrected chi connectivity index (χ1v) is 11.1. The number of nitrogens with two attached hydrogens (primary N) is 1. The van der Waals surface area contributed by atoms with Crippen LogP contribution in [0.1, 0.15) is 17.4 Å². The first-order chi connectivity index (χ1) is 15.0. The van der Waals surface area contributed by atoms with Gasteiger partial charge in [0.1, 0.15) is 18.4 Å². The molecular formula is C22H22ClN5O2S. The molecule has 3 aromatic rings. The van der Waals surface area contributed by atoms with Gasteiger partial charge in [0, 0.05) is 41.4 Å². The van der Waals surface area contributed by atoms with E-state index in [1.165, 1.54) is 17.7 Å². The number of anilines is 1. The van der Waals surface area contributed by atoms with Crippen LogP contribution in [0.25, 0.3) is 17.0 Å². The normalized spacial score (nSPS) is 19.9. The van der Waals surface area contributed by atoms with E-state index in [-0.39, 0.29) is 11.9 Å². The summed E-state index contributed by atoms with van der Waals surface area (Å²) in [4.78, 5) is 37.7. The maximum Gasteiger partial charge on any atom is 0.246 e. The number of aromatic nitrogens is 2. The number of nitrogens with zero attached hydrogens (tertiary/aromatic N) is 4. The van der Waals surface area contributed by atoms with Crippen LogP contribution in [0.3, 0.4) is 0 Å². The number of fused-ring (bicyclic) bond motifs is 1. The summed E-state index contributed by atoms with van der Waals surface area (Å²) in [6.07, 6.45) is 5.67. The third kappa shape index (κ3) is 4.61. The highest BCUT2D eigenvalue weighted by Crippen LogP contribution is 2.24. The van der Waals surface area contributed by atoms with Crippen LogP contribution in [-0.4, -0.2) is 57.1 Å². The summed E-state index contributed by atoms with van der Waals surface area (Å²) in [5.74, 6) is 0.336. The molecule has 3 heterocycles. The molecule has 0 aliphatic carbocycles. The lowest BCUT2D eigenvalue weighted by Gasteiger charge is -2.43. The van der Waals surface area contributed by atoms with Gasteiger partial charge < -0.3 is 15.4 Å².